The molecule has 4 aromatic rings. The Kier molecular flexibility index (Phi) is 8.77. The van der Waals surface area contributed by atoms with E-state index in [4.69, 9.17) is 9.47 Å². The van der Waals surface area contributed by atoms with E-state index in [-0.39, 0.29) is 5.92 Å². The molecule has 0 bridgehead atoms. The molecule has 4 heteroatoms. The van der Waals surface area contributed by atoms with Gasteiger partial charge in [-0.05, 0) is 65.4 Å². The van der Waals surface area contributed by atoms with Crippen LogP contribution in [0, 0.1) is 6.92 Å². The molecule has 36 heavy (non-hydrogen) atoms. The van der Waals surface area contributed by atoms with E-state index in [1.807, 2.05) is 36.4 Å². The van der Waals surface area contributed by atoms with Crippen LogP contribution in [0.3, 0.4) is 0 Å². The Labute approximate surface area is 214 Å². The van der Waals surface area contributed by atoms with E-state index in [1.54, 1.807) is 14.2 Å². The highest BCUT2D eigenvalue weighted by molar-refractivity contribution is 5.70. The summed E-state index contributed by atoms with van der Waals surface area (Å²) in [5.74, 6) is 1.56. The van der Waals surface area contributed by atoms with Gasteiger partial charge in [-0.15, -0.1) is 0 Å². The van der Waals surface area contributed by atoms with E-state index in [1.165, 1.54) is 11.1 Å². The molecule has 4 aromatic carbocycles. The Morgan fingerprint density at radius 2 is 1.44 bits per heavy atom. The normalized spacial score (nSPS) is 12.7. The molecule has 2 N–H and O–H groups in total. The first kappa shape index (κ1) is 25.5. The first-order valence-corrected chi connectivity index (χ1v) is 12.4. The lowest BCUT2D eigenvalue weighted by molar-refractivity contribution is 0.140. The van der Waals surface area contributed by atoms with Gasteiger partial charge in [-0.3, -0.25) is 0 Å². The van der Waals surface area contributed by atoms with Gasteiger partial charge in [0.05, 0.1) is 20.3 Å². The summed E-state index contributed by atoms with van der Waals surface area (Å²) in [6, 6.07) is 33.0. The summed E-state index contributed by atoms with van der Waals surface area (Å²) in [4.78, 5) is 0. The zero-order valence-electron chi connectivity index (χ0n) is 21.3. The van der Waals surface area contributed by atoms with Crippen molar-refractivity contribution in [2.24, 2.45) is 0 Å². The minimum Gasteiger partial charge on any atom is -0.497 e. The number of aliphatic hydroxyl groups is 1. The molecule has 186 valence electrons. The molecule has 0 saturated carbocycles. The number of nitrogens with one attached hydrogen (secondary N) is 1. The molecule has 0 heterocycles. The quantitative estimate of drug-likeness (QED) is 0.270. The van der Waals surface area contributed by atoms with Gasteiger partial charge in [0.2, 0.25) is 0 Å². The minimum atomic E-state index is -0.581. The Bertz CT molecular complexity index is 1260. The summed E-state index contributed by atoms with van der Waals surface area (Å²) in [5.41, 5.74) is 6.85. The zero-order chi connectivity index (χ0) is 25.3. The maximum absolute atomic E-state index is 11.5. The number of hydrogen-bond acceptors (Lipinski definition) is 4. The smallest absolute Gasteiger partial charge is 0.119 e. The standard InChI is InChI=1S/C32H35NO3/c1-23-15-16-29(30(17-23)26-12-8-14-28(20-26)36-3)31(19-24-9-5-4-6-10-24)32(34)22-33-21-25-11-7-13-27(18-25)35-2/h4-18,20,31-34H,19,21-22H2,1-3H3/t31-,32-/m0/s1. The Hall–Kier alpha value is -3.60. The molecule has 0 amide bonds. The van der Waals surface area contributed by atoms with E-state index in [9.17, 15) is 5.11 Å². The van der Waals surface area contributed by atoms with Crippen LogP contribution in [-0.4, -0.2) is 32.0 Å². The summed E-state index contributed by atoms with van der Waals surface area (Å²) >= 11 is 0. The molecule has 0 aromatic heterocycles. The highest BCUT2D eigenvalue weighted by atomic mass is 16.5. The highest BCUT2D eigenvalue weighted by Gasteiger charge is 2.25. The number of aryl methyl sites for hydroxylation is 1. The fourth-order valence-electron chi connectivity index (χ4n) is 4.64. The van der Waals surface area contributed by atoms with Crippen LogP contribution in [-0.2, 0) is 13.0 Å². The fourth-order valence-corrected chi connectivity index (χ4v) is 4.64. The summed E-state index contributed by atoms with van der Waals surface area (Å²) in [6.45, 7) is 3.23. The van der Waals surface area contributed by atoms with Crippen molar-refractivity contribution in [1.82, 2.24) is 5.32 Å². The summed E-state index contributed by atoms with van der Waals surface area (Å²) in [6.07, 6.45) is 0.158. The second-order valence-corrected chi connectivity index (χ2v) is 9.17. The molecule has 0 fully saturated rings. The fraction of sp³-hybridized carbons (Fsp3) is 0.250. The van der Waals surface area contributed by atoms with Crippen LogP contribution in [0.25, 0.3) is 11.1 Å². The molecule has 4 nitrogen and oxygen atoms in total. The lowest BCUT2D eigenvalue weighted by atomic mass is 9.82. The summed E-state index contributed by atoms with van der Waals surface area (Å²) < 4.78 is 10.8. The number of aliphatic hydroxyl groups excluding tert-OH is 1. The topological polar surface area (TPSA) is 50.7 Å². The van der Waals surface area contributed by atoms with Gasteiger partial charge in [0.1, 0.15) is 11.5 Å². The Balaban J connectivity index is 1.63. The second kappa shape index (κ2) is 12.4. The van der Waals surface area contributed by atoms with Crippen LogP contribution >= 0.6 is 0 Å². The third-order valence-electron chi connectivity index (χ3n) is 6.57. The number of rotatable bonds is 11. The van der Waals surface area contributed by atoms with E-state index < -0.39 is 6.10 Å². The van der Waals surface area contributed by atoms with Gasteiger partial charge in [-0.1, -0.05) is 78.4 Å². The molecule has 0 saturated heterocycles. The van der Waals surface area contributed by atoms with Crippen molar-refractivity contribution in [2.45, 2.75) is 31.9 Å². The number of hydrogen-bond donors (Lipinski definition) is 2. The highest BCUT2D eigenvalue weighted by Crippen LogP contribution is 2.35. The molecular formula is C32H35NO3. The molecule has 0 aliphatic carbocycles. The zero-order valence-corrected chi connectivity index (χ0v) is 21.3. The van der Waals surface area contributed by atoms with Crippen molar-refractivity contribution in [2.75, 3.05) is 20.8 Å². The minimum absolute atomic E-state index is 0.0907. The van der Waals surface area contributed by atoms with Crippen LogP contribution in [0.5, 0.6) is 11.5 Å². The predicted octanol–water partition coefficient (Wildman–Crippen LogP) is 6.16. The molecule has 0 spiro atoms. The molecule has 0 radical (unpaired) electrons. The van der Waals surface area contributed by atoms with Crippen LogP contribution < -0.4 is 14.8 Å². The van der Waals surface area contributed by atoms with Crippen molar-refractivity contribution >= 4 is 0 Å². The van der Waals surface area contributed by atoms with Crippen molar-refractivity contribution in [3.8, 4) is 22.6 Å². The average Bonchev–Trinajstić information content (AvgIpc) is 2.92. The Morgan fingerprint density at radius 3 is 2.19 bits per heavy atom. The maximum Gasteiger partial charge on any atom is 0.119 e. The van der Waals surface area contributed by atoms with Crippen molar-refractivity contribution in [1.29, 1.82) is 0 Å². The SMILES string of the molecule is COc1cccc(CNC[C@H](O)[C@@H](Cc2ccccc2)c2ccc(C)cc2-c2cccc(OC)c2)c1. The third-order valence-corrected chi connectivity index (χ3v) is 6.57. The van der Waals surface area contributed by atoms with Gasteiger partial charge in [0.25, 0.3) is 0 Å². The number of ether oxygens (including phenoxy) is 2. The van der Waals surface area contributed by atoms with E-state index >= 15 is 0 Å². The Morgan fingerprint density at radius 1 is 0.750 bits per heavy atom. The first-order valence-electron chi connectivity index (χ1n) is 12.4. The molecule has 0 unspecified atom stereocenters. The third kappa shape index (κ3) is 6.54. The van der Waals surface area contributed by atoms with Gasteiger partial charge in [-0.2, -0.15) is 0 Å². The molecule has 0 aliphatic rings. The predicted molar refractivity (Wildman–Crippen MR) is 147 cm³/mol. The van der Waals surface area contributed by atoms with Crippen LogP contribution in [0.4, 0.5) is 0 Å². The summed E-state index contributed by atoms with van der Waals surface area (Å²) in [5, 5.41) is 15.0. The number of benzene rings is 4. The van der Waals surface area contributed by atoms with Gasteiger partial charge in [0.15, 0.2) is 0 Å². The van der Waals surface area contributed by atoms with Crippen LogP contribution in [0.2, 0.25) is 0 Å². The van der Waals surface area contributed by atoms with E-state index in [0.29, 0.717) is 13.1 Å². The van der Waals surface area contributed by atoms with Crippen molar-refractivity contribution in [3.63, 3.8) is 0 Å². The maximum atomic E-state index is 11.5. The van der Waals surface area contributed by atoms with Crippen LogP contribution in [0.1, 0.15) is 28.2 Å². The lowest BCUT2D eigenvalue weighted by Crippen LogP contribution is -2.33. The van der Waals surface area contributed by atoms with E-state index in [0.717, 1.165) is 40.2 Å². The monoisotopic (exact) mass is 481 g/mol. The first-order chi connectivity index (χ1) is 17.6. The van der Waals surface area contributed by atoms with Crippen molar-refractivity contribution < 1.29 is 14.6 Å². The van der Waals surface area contributed by atoms with Gasteiger partial charge in [-0.25, -0.2) is 0 Å². The second-order valence-electron chi connectivity index (χ2n) is 9.17. The van der Waals surface area contributed by atoms with Gasteiger partial charge in [0, 0.05) is 19.0 Å². The average molecular weight is 482 g/mol. The van der Waals surface area contributed by atoms with Crippen LogP contribution in [0.15, 0.2) is 97.1 Å². The molecule has 4 rings (SSSR count). The molecular weight excluding hydrogens is 446 g/mol. The lowest BCUT2D eigenvalue weighted by Gasteiger charge is -2.27. The van der Waals surface area contributed by atoms with E-state index in [2.05, 4.69) is 72.9 Å². The largest absolute Gasteiger partial charge is 0.497 e. The molecule has 0 aliphatic heterocycles. The molecule has 2 atom stereocenters. The summed E-state index contributed by atoms with van der Waals surface area (Å²) in [7, 11) is 3.36. The van der Waals surface area contributed by atoms with Gasteiger partial charge >= 0.3 is 0 Å². The van der Waals surface area contributed by atoms with Gasteiger partial charge < -0.3 is 19.9 Å². The van der Waals surface area contributed by atoms with Crippen molar-refractivity contribution in [3.05, 3.63) is 119 Å². The number of methoxy groups -OCH3 is 2.